The first-order chi connectivity index (χ1) is 13.8. The van der Waals surface area contributed by atoms with Crippen LogP contribution in [0, 0.1) is 5.92 Å². The molecule has 0 aliphatic carbocycles. The maximum atomic E-state index is 12.4. The topological polar surface area (TPSA) is 117 Å². The maximum absolute atomic E-state index is 12.4. The van der Waals surface area contributed by atoms with Gasteiger partial charge in [-0.1, -0.05) is 13.8 Å². The molecule has 1 aliphatic heterocycles. The van der Waals surface area contributed by atoms with Crippen molar-refractivity contribution in [3.8, 4) is 0 Å². The molecule has 9 heteroatoms. The van der Waals surface area contributed by atoms with E-state index in [4.69, 9.17) is 4.74 Å². The first kappa shape index (κ1) is 22.4. The Bertz CT molecular complexity index is 748. The van der Waals surface area contributed by atoms with E-state index in [1.54, 1.807) is 36.2 Å². The number of esters is 1. The zero-order chi connectivity index (χ0) is 21.4. The predicted octanol–water partition coefficient (Wildman–Crippen LogP) is 0.374. The van der Waals surface area contributed by atoms with Crippen LogP contribution in [0.25, 0.3) is 0 Å². The lowest BCUT2D eigenvalue weighted by atomic mass is 10.1. The van der Waals surface area contributed by atoms with Crippen LogP contribution in [0.2, 0.25) is 0 Å². The molecule has 0 radical (unpaired) electrons. The molecule has 1 aromatic carbocycles. The third-order valence-corrected chi connectivity index (χ3v) is 4.38. The van der Waals surface area contributed by atoms with Crippen LogP contribution in [0.1, 0.15) is 30.6 Å². The van der Waals surface area contributed by atoms with Crippen LogP contribution < -0.4 is 16.0 Å². The number of nitrogens with one attached hydrogen (secondary N) is 3. The molecule has 0 saturated carbocycles. The van der Waals surface area contributed by atoms with Gasteiger partial charge in [-0.3, -0.25) is 24.1 Å². The van der Waals surface area contributed by atoms with Crippen LogP contribution in [-0.2, 0) is 19.1 Å². The molecular weight excluding hydrogens is 376 g/mol. The zero-order valence-corrected chi connectivity index (χ0v) is 17.0. The number of amides is 3. The summed E-state index contributed by atoms with van der Waals surface area (Å²) in [5, 5.41) is 7.99. The number of nitrogens with zero attached hydrogens (tertiary/aromatic N) is 1. The lowest BCUT2D eigenvalue weighted by molar-refractivity contribution is -0.149. The fourth-order valence-corrected chi connectivity index (χ4v) is 2.88. The summed E-state index contributed by atoms with van der Waals surface area (Å²) < 4.78 is 5.16. The highest BCUT2D eigenvalue weighted by molar-refractivity contribution is 5.96. The van der Waals surface area contributed by atoms with Crippen molar-refractivity contribution in [2.75, 3.05) is 38.6 Å². The highest BCUT2D eigenvalue weighted by atomic mass is 16.5. The van der Waals surface area contributed by atoms with Crippen molar-refractivity contribution in [1.82, 2.24) is 15.5 Å². The Balaban J connectivity index is 1.94. The molecule has 3 amide bonds. The molecule has 9 nitrogen and oxygen atoms in total. The Hall–Kier alpha value is -2.94. The molecule has 3 N–H and O–H groups in total. The second kappa shape index (κ2) is 10.6. The second-order valence-electron chi connectivity index (χ2n) is 7.26. The van der Waals surface area contributed by atoms with Gasteiger partial charge < -0.3 is 20.7 Å². The summed E-state index contributed by atoms with van der Waals surface area (Å²) in [6, 6.07) is 5.73. The van der Waals surface area contributed by atoms with Crippen molar-refractivity contribution >= 4 is 29.4 Å². The Morgan fingerprint density at radius 1 is 1.24 bits per heavy atom. The van der Waals surface area contributed by atoms with Crippen LogP contribution in [-0.4, -0.2) is 67.9 Å². The van der Waals surface area contributed by atoms with E-state index in [2.05, 4.69) is 16.0 Å². The first-order valence-corrected chi connectivity index (χ1v) is 9.59. The minimum Gasteiger partial charge on any atom is -0.465 e. The SMILES string of the molecule is CNC(=O)c1ccc(NC(=O)CN2CCNC(=O)C2CC(=O)OCC(C)C)cc1. The minimum atomic E-state index is -0.746. The van der Waals surface area contributed by atoms with E-state index in [9.17, 15) is 19.2 Å². The lowest BCUT2D eigenvalue weighted by Crippen LogP contribution is -2.57. The number of piperazine rings is 1. The number of anilines is 1. The third kappa shape index (κ3) is 6.86. The number of hydrogen-bond donors (Lipinski definition) is 3. The molecule has 0 bridgehead atoms. The number of carbonyl (C=O) groups is 4. The number of rotatable bonds is 8. The van der Waals surface area contributed by atoms with Crippen molar-refractivity contribution in [3.63, 3.8) is 0 Å². The van der Waals surface area contributed by atoms with E-state index in [1.165, 1.54) is 0 Å². The molecule has 1 aliphatic rings. The van der Waals surface area contributed by atoms with Crippen molar-refractivity contribution in [3.05, 3.63) is 29.8 Å². The highest BCUT2D eigenvalue weighted by Crippen LogP contribution is 2.13. The average Bonchev–Trinajstić information content (AvgIpc) is 2.69. The molecule has 0 aromatic heterocycles. The smallest absolute Gasteiger partial charge is 0.307 e. The number of hydrogen-bond acceptors (Lipinski definition) is 6. The minimum absolute atomic E-state index is 0.0350. The van der Waals surface area contributed by atoms with Gasteiger partial charge in [0.2, 0.25) is 11.8 Å². The summed E-state index contributed by atoms with van der Waals surface area (Å²) >= 11 is 0. The van der Waals surface area contributed by atoms with Gasteiger partial charge in [-0.05, 0) is 30.2 Å². The molecule has 1 unspecified atom stereocenters. The summed E-state index contributed by atoms with van der Waals surface area (Å²) in [5.74, 6) is -1.07. The molecule has 1 atom stereocenters. The fraction of sp³-hybridized carbons (Fsp3) is 0.500. The first-order valence-electron chi connectivity index (χ1n) is 9.59. The maximum Gasteiger partial charge on any atom is 0.307 e. The van der Waals surface area contributed by atoms with Gasteiger partial charge >= 0.3 is 5.97 Å². The van der Waals surface area contributed by atoms with Crippen LogP contribution in [0.3, 0.4) is 0 Å². The molecule has 2 rings (SSSR count). The van der Waals surface area contributed by atoms with E-state index in [0.29, 0.717) is 30.9 Å². The standard InChI is InChI=1S/C20H28N4O5/c1-13(2)12-29-18(26)10-16-20(28)22-8-9-24(16)11-17(25)23-15-6-4-14(5-7-15)19(27)21-3/h4-7,13,16H,8-12H2,1-3H3,(H,21,27)(H,22,28)(H,23,25). The summed E-state index contributed by atoms with van der Waals surface area (Å²) in [4.78, 5) is 49.9. The van der Waals surface area contributed by atoms with Crippen LogP contribution in [0.5, 0.6) is 0 Å². The van der Waals surface area contributed by atoms with Gasteiger partial charge in [-0.2, -0.15) is 0 Å². The predicted molar refractivity (Wildman–Crippen MR) is 107 cm³/mol. The largest absolute Gasteiger partial charge is 0.465 e. The summed E-state index contributed by atoms with van der Waals surface area (Å²) in [6.07, 6.45) is -0.105. The lowest BCUT2D eigenvalue weighted by Gasteiger charge is -2.33. The summed E-state index contributed by atoms with van der Waals surface area (Å²) in [7, 11) is 1.54. The van der Waals surface area contributed by atoms with Crippen molar-refractivity contribution in [2.45, 2.75) is 26.3 Å². The van der Waals surface area contributed by atoms with Gasteiger partial charge in [-0.25, -0.2) is 0 Å². The molecule has 1 aromatic rings. The van der Waals surface area contributed by atoms with E-state index in [1.807, 2.05) is 13.8 Å². The van der Waals surface area contributed by atoms with Crippen LogP contribution >= 0.6 is 0 Å². The molecule has 0 spiro atoms. The van der Waals surface area contributed by atoms with Gasteiger partial charge in [0.15, 0.2) is 0 Å². The molecule has 1 heterocycles. The summed E-state index contributed by atoms with van der Waals surface area (Å²) in [6.45, 7) is 4.98. The molecule has 29 heavy (non-hydrogen) atoms. The fourth-order valence-electron chi connectivity index (χ4n) is 2.88. The van der Waals surface area contributed by atoms with E-state index in [0.717, 1.165) is 0 Å². The van der Waals surface area contributed by atoms with Gasteiger partial charge in [0.1, 0.15) is 6.04 Å². The monoisotopic (exact) mass is 404 g/mol. The Labute approximate surface area is 170 Å². The Morgan fingerprint density at radius 3 is 2.55 bits per heavy atom. The molecule has 1 saturated heterocycles. The van der Waals surface area contributed by atoms with Gasteiger partial charge in [0, 0.05) is 31.4 Å². The highest BCUT2D eigenvalue weighted by Gasteiger charge is 2.33. The van der Waals surface area contributed by atoms with E-state index in [-0.39, 0.29) is 36.6 Å². The quantitative estimate of drug-likeness (QED) is 0.539. The van der Waals surface area contributed by atoms with Crippen molar-refractivity contribution < 1.29 is 23.9 Å². The number of ether oxygens (including phenoxy) is 1. The van der Waals surface area contributed by atoms with Crippen molar-refractivity contribution in [2.24, 2.45) is 5.92 Å². The van der Waals surface area contributed by atoms with Gasteiger partial charge in [-0.15, -0.1) is 0 Å². The van der Waals surface area contributed by atoms with Gasteiger partial charge in [0.05, 0.1) is 19.6 Å². The third-order valence-electron chi connectivity index (χ3n) is 4.38. The van der Waals surface area contributed by atoms with Crippen LogP contribution in [0.15, 0.2) is 24.3 Å². The average molecular weight is 404 g/mol. The molecule has 158 valence electrons. The van der Waals surface area contributed by atoms with Crippen LogP contribution in [0.4, 0.5) is 5.69 Å². The molecule has 1 fully saturated rings. The number of carbonyl (C=O) groups excluding carboxylic acids is 4. The zero-order valence-electron chi connectivity index (χ0n) is 17.0. The van der Waals surface area contributed by atoms with E-state index < -0.39 is 12.0 Å². The molecular formula is C20H28N4O5. The Kier molecular flexibility index (Phi) is 8.14. The Morgan fingerprint density at radius 2 is 1.93 bits per heavy atom. The summed E-state index contributed by atoms with van der Waals surface area (Å²) in [5.41, 5.74) is 1.02. The normalized spacial score (nSPS) is 16.8. The van der Waals surface area contributed by atoms with Crippen molar-refractivity contribution in [1.29, 1.82) is 0 Å². The number of benzene rings is 1. The second-order valence-corrected chi connectivity index (χ2v) is 7.26. The van der Waals surface area contributed by atoms with E-state index >= 15 is 0 Å². The van der Waals surface area contributed by atoms with Gasteiger partial charge in [0.25, 0.3) is 5.91 Å².